The summed E-state index contributed by atoms with van der Waals surface area (Å²) in [6, 6.07) is 14.1. The minimum atomic E-state index is -0.000611. The van der Waals surface area contributed by atoms with E-state index in [9.17, 15) is 4.79 Å². The molecule has 1 saturated heterocycles. The zero-order valence-corrected chi connectivity index (χ0v) is 12.4. The molecule has 1 fully saturated rings. The van der Waals surface area contributed by atoms with Gasteiger partial charge in [0.1, 0.15) is 0 Å². The van der Waals surface area contributed by atoms with Crippen LogP contribution in [0.4, 0.5) is 10.5 Å². The van der Waals surface area contributed by atoms with Gasteiger partial charge in [0.25, 0.3) is 0 Å². The Morgan fingerprint density at radius 3 is 2.86 bits per heavy atom. The Morgan fingerprint density at radius 1 is 1.23 bits per heavy atom. The van der Waals surface area contributed by atoms with E-state index in [1.807, 2.05) is 47.4 Å². The number of urea groups is 1. The lowest BCUT2D eigenvalue weighted by molar-refractivity contribution is 0.208. The molecule has 2 heterocycles. The van der Waals surface area contributed by atoms with Crippen molar-refractivity contribution in [2.45, 2.75) is 19.0 Å². The maximum absolute atomic E-state index is 12.2. The average molecular weight is 296 g/mol. The Labute approximate surface area is 130 Å². The summed E-state index contributed by atoms with van der Waals surface area (Å²) in [5.41, 5.74) is 2.11. The van der Waals surface area contributed by atoms with Crippen molar-refractivity contribution >= 4 is 11.7 Å². The Kier molecular flexibility index (Phi) is 4.53. The molecule has 2 amide bonds. The van der Waals surface area contributed by atoms with E-state index < -0.39 is 0 Å². The fraction of sp³-hybridized carbons (Fsp3) is 0.294. The van der Waals surface area contributed by atoms with Crippen LogP contribution in [0.1, 0.15) is 12.0 Å². The quantitative estimate of drug-likeness (QED) is 0.911. The maximum atomic E-state index is 12.2. The molecule has 0 spiro atoms. The van der Waals surface area contributed by atoms with Gasteiger partial charge in [-0.3, -0.25) is 4.98 Å². The number of amides is 2. The van der Waals surface area contributed by atoms with Gasteiger partial charge in [-0.15, -0.1) is 0 Å². The number of anilines is 1. The summed E-state index contributed by atoms with van der Waals surface area (Å²) in [5, 5.41) is 6.39. The van der Waals surface area contributed by atoms with Gasteiger partial charge in [-0.25, -0.2) is 4.79 Å². The number of nitrogens with one attached hydrogen (secondary N) is 2. The van der Waals surface area contributed by atoms with E-state index in [2.05, 4.69) is 15.6 Å². The number of aromatic nitrogens is 1. The zero-order valence-electron chi connectivity index (χ0n) is 12.4. The van der Waals surface area contributed by atoms with Crippen LogP contribution in [0, 0.1) is 0 Å². The summed E-state index contributed by atoms with van der Waals surface area (Å²) < 4.78 is 0. The van der Waals surface area contributed by atoms with Gasteiger partial charge in [0.2, 0.25) is 0 Å². The zero-order chi connectivity index (χ0) is 15.2. The number of carbonyl (C=O) groups excluding carboxylic acids is 1. The van der Waals surface area contributed by atoms with Crippen molar-refractivity contribution in [3.05, 3.63) is 60.4 Å². The monoisotopic (exact) mass is 296 g/mol. The third-order valence-electron chi connectivity index (χ3n) is 3.79. The largest absolute Gasteiger partial charge is 0.379 e. The first-order valence-corrected chi connectivity index (χ1v) is 7.54. The molecule has 2 aromatic rings. The third-order valence-corrected chi connectivity index (χ3v) is 3.79. The standard InChI is InChI=1S/C17H20N4O/c22-17(19-11-14-5-2-1-3-6-14)21-10-8-16(13-21)20-15-7-4-9-18-12-15/h1-7,9,12,16,20H,8,10-11,13H2,(H,19,22)/t16-/m1/s1. The minimum Gasteiger partial charge on any atom is -0.379 e. The van der Waals surface area contributed by atoms with Gasteiger partial charge in [0, 0.05) is 38.1 Å². The van der Waals surface area contributed by atoms with Crippen molar-refractivity contribution < 1.29 is 4.79 Å². The van der Waals surface area contributed by atoms with Crippen LogP contribution in [0.2, 0.25) is 0 Å². The number of pyridine rings is 1. The van der Waals surface area contributed by atoms with Gasteiger partial charge in [0.15, 0.2) is 0 Å². The first kappa shape index (κ1) is 14.4. The molecule has 0 unspecified atom stereocenters. The van der Waals surface area contributed by atoms with Crippen LogP contribution in [-0.2, 0) is 6.54 Å². The smallest absolute Gasteiger partial charge is 0.317 e. The lowest BCUT2D eigenvalue weighted by Crippen LogP contribution is -2.39. The molecule has 5 heteroatoms. The van der Waals surface area contributed by atoms with Crippen LogP contribution in [0.5, 0.6) is 0 Å². The lowest BCUT2D eigenvalue weighted by Gasteiger charge is -2.18. The second kappa shape index (κ2) is 6.93. The predicted molar refractivity (Wildman–Crippen MR) is 86.5 cm³/mol. The molecule has 0 radical (unpaired) electrons. The average Bonchev–Trinajstić information content (AvgIpc) is 3.03. The van der Waals surface area contributed by atoms with E-state index in [-0.39, 0.29) is 12.1 Å². The molecule has 0 saturated carbocycles. The molecular formula is C17H20N4O. The van der Waals surface area contributed by atoms with Crippen molar-refractivity contribution in [2.75, 3.05) is 18.4 Å². The van der Waals surface area contributed by atoms with E-state index in [0.29, 0.717) is 6.54 Å². The molecule has 1 aliphatic heterocycles. The third kappa shape index (κ3) is 3.75. The Balaban J connectivity index is 1.46. The highest BCUT2D eigenvalue weighted by molar-refractivity contribution is 5.74. The summed E-state index contributed by atoms with van der Waals surface area (Å²) in [5.74, 6) is 0. The molecule has 3 rings (SSSR count). The number of rotatable bonds is 4. The Morgan fingerprint density at radius 2 is 2.09 bits per heavy atom. The van der Waals surface area contributed by atoms with E-state index in [1.54, 1.807) is 12.4 Å². The second-order valence-corrected chi connectivity index (χ2v) is 5.46. The number of benzene rings is 1. The molecular weight excluding hydrogens is 276 g/mol. The Bertz CT molecular complexity index is 603. The van der Waals surface area contributed by atoms with Crippen LogP contribution in [0.25, 0.3) is 0 Å². The molecule has 1 atom stereocenters. The lowest BCUT2D eigenvalue weighted by atomic mass is 10.2. The van der Waals surface area contributed by atoms with Gasteiger partial charge in [-0.05, 0) is 24.1 Å². The predicted octanol–water partition coefficient (Wildman–Crippen LogP) is 2.48. The van der Waals surface area contributed by atoms with Gasteiger partial charge in [-0.1, -0.05) is 30.3 Å². The van der Waals surface area contributed by atoms with Crippen LogP contribution in [0.15, 0.2) is 54.9 Å². The molecule has 114 valence electrons. The first-order chi connectivity index (χ1) is 10.8. The first-order valence-electron chi connectivity index (χ1n) is 7.54. The van der Waals surface area contributed by atoms with E-state index in [0.717, 1.165) is 30.8 Å². The summed E-state index contributed by atoms with van der Waals surface area (Å²) in [7, 11) is 0. The second-order valence-electron chi connectivity index (χ2n) is 5.46. The summed E-state index contributed by atoms with van der Waals surface area (Å²) in [6.07, 6.45) is 4.51. The highest BCUT2D eigenvalue weighted by atomic mass is 16.2. The van der Waals surface area contributed by atoms with Crippen LogP contribution < -0.4 is 10.6 Å². The van der Waals surface area contributed by atoms with E-state index in [1.165, 1.54) is 0 Å². The highest BCUT2D eigenvalue weighted by Gasteiger charge is 2.25. The Hall–Kier alpha value is -2.56. The molecule has 2 N–H and O–H groups in total. The molecule has 1 aromatic heterocycles. The fourth-order valence-corrected chi connectivity index (χ4v) is 2.63. The van der Waals surface area contributed by atoms with Crippen molar-refractivity contribution in [3.8, 4) is 0 Å². The van der Waals surface area contributed by atoms with E-state index >= 15 is 0 Å². The van der Waals surface area contributed by atoms with Gasteiger partial charge in [-0.2, -0.15) is 0 Å². The van der Waals surface area contributed by atoms with Gasteiger partial charge < -0.3 is 15.5 Å². The molecule has 22 heavy (non-hydrogen) atoms. The maximum Gasteiger partial charge on any atom is 0.317 e. The SMILES string of the molecule is O=C(NCc1ccccc1)N1CC[C@@H](Nc2cccnc2)C1. The summed E-state index contributed by atoms with van der Waals surface area (Å²) in [6.45, 7) is 2.06. The number of carbonyl (C=O) groups is 1. The van der Waals surface area contributed by atoms with Crippen LogP contribution in [-0.4, -0.2) is 35.0 Å². The number of hydrogen-bond acceptors (Lipinski definition) is 3. The normalized spacial score (nSPS) is 17.3. The highest BCUT2D eigenvalue weighted by Crippen LogP contribution is 2.15. The topological polar surface area (TPSA) is 57.3 Å². The van der Waals surface area contributed by atoms with Gasteiger partial charge in [0.05, 0.1) is 5.69 Å². The molecule has 5 nitrogen and oxygen atoms in total. The van der Waals surface area contributed by atoms with Crippen LogP contribution in [0.3, 0.4) is 0 Å². The molecule has 0 bridgehead atoms. The number of nitrogens with zero attached hydrogens (tertiary/aromatic N) is 2. The van der Waals surface area contributed by atoms with Crippen molar-refractivity contribution in [1.82, 2.24) is 15.2 Å². The van der Waals surface area contributed by atoms with Crippen molar-refractivity contribution in [1.29, 1.82) is 0 Å². The molecule has 1 aromatic carbocycles. The fourth-order valence-electron chi connectivity index (χ4n) is 2.63. The minimum absolute atomic E-state index is 0.000611. The molecule has 1 aliphatic rings. The number of hydrogen-bond donors (Lipinski definition) is 2. The van der Waals surface area contributed by atoms with E-state index in [4.69, 9.17) is 0 Å². The molecule has 0 aliphatic carbocycles. The number of likely N-dealkylation sites (tertiary alicyclic amines) is 1. The van der Waals surface area contributed by atoms with Crippen molar-refractivity contribution in [2.24, 2.45) is 0 Å². The summed E-state index contributed by atoms with van der Waals surface area (Å²) in [4.78, 5) is 18.1. The summed E-state index contributed by atoms with van der Waals surface area (Å²) >= 11 is 0. The van der Waals surface area contributed by atoms with Crippen molar-refractivity contribution in [3.63, 3.8) is 0 Å². The van der Waals surface area contributed by atoms with Crippen LogP contribution >= 0.6 is 0 Å². The van der Waals surface area contributed by atoms with Gasteiger partial charge >= 0.3 is 6.03 Å².